The lowest BCUT2D eigenvalue weighted by molar-refractivity contribution is 0.101. The Bertz CT molecular complexity index is 1130. The molecule has 122 valence electrons. The van der Waals surface area contributed by atoms with Gasteiger partial charge >= 0.3 is 0 Å². The van der Waals surface area contributed by atoms with Gasteiger partial charge in [0.25, 0.3) is 0 Å². The van der Waals surface area contributed by atoms with Crippen LogP contribution in [0.15, 0.2) is 55.0 Å². The summed E-state index contributed by atoms with van der Waals surface area (Å²) in [5.41, 5.74) is 2.42. The van der Waals surface area contributed by atoms with Crippen molar-refractivity contribution in [3.8, 4) is 0 Å². The van der Waals surface area contributed by atoms with E-state index >= 15 is 0 Å². The van der Waals surface area contributed by atoms with Gasteiger partial charge in [-0.15, -0.1) is 0 Å². The Hall–Kier alpha value is -3.41. The Morgan fingerprint density at radius 3 is 2.80 bits per heavy atom. The summed E-state index contributed by atoms with van der Waals surface area (Å²) in [6, 6.07) is 11.5. The Morgan fingerprint density at radius 1 is 1.12 bits per heavy atom. The van der Waals surface area contributed by atoms with E-state index in [9.17, 15) is 9.18 Å². The standard InChI is InChI=1S/C19H13FN4O/c1-11(25)12-5-6-15-16-9-21-10-22-18(16)19(24-17(15)7-12)23-14-4-2-3-13(20)8-14/h2-10H,1H3,(H,23,24). The van der Waals surface area contributed by atoms with Gasteiger partial charge in [-0.2, -0.15) is 0 Å². The molecule has 0 saturated heterocycles. The number of hydrogen-bond acceptors (Lipinski definition) is 5. The zero-order valence-corrected chi connectivity index (χ0v) is 13.3. The third kappa shape index (κ3) is 2.78. The average Bonchev–Trinajstić information content (AvgIpc) is 2.61. The normalized spacial score (nSPS) is 11.0. The minimum Gasteiger partial charge on any atom is -0.338 e. The summed E-state index contributed by atoms with van der Waals surface area (Å²) in [5.74, 6) is 0.104. The number of nitrogens with zero attached hydrogens (tertiary/aromatic N) is 3. The smallest absolute Gasteiger partial charge is 0.159 e. The van der Waals surface area contributed by atoms with E-state index in [1.54, 1.807) is 30.5 Å². The molecule has 0 amide bonds. The molecule has 2 heterocycles. The van der Waals surface area contributed by atoms with Crippen LogP contribution in [0.3, 0.4) is 0 Å². The first-order valence-corrected chi connectivity index (χ1v) is 7.69. The number of nitrogens with one attached hydrogen (secondary N) is 1. The molecule has 5 nitrogen and oxygen atoms in total. The number of hydrogen-bond donors (Lipinski definition) is 1. The number of benzene rings is 2. The predicted octanol–water partition coefficient (Wildman–Crippen LogP) is 4.26. The van der Waals surface area contributed by atoms with Crippen molar-refractivity contribution < 1.29 is 9.18 Å². The molecule has 0 fully saturated rings. The molecule has 0 bridgehead atoms. The van der Waals surface area contributed by atoms with E-state index in [1.165, 1.54) is 25.4 Å². The van der Waals surface area contributed by atoms with Gasteiger partial charge in [0.05, 0.1) is 5.52 Å². The summed E-state index contributed by atoms with van der Waals surface area (Å²) < 4.78 is 13.5. The van der Waals surface area contributed by atoms with Crippen LogP contribution < -0.4 is 5.32 Å². The third-order valence-corrected chi connectivity index (χ3v) is 3.95. The lowest BCUT2D eigenvalue weighted by Crippen LogP contribution is -1.99. The van der Waals surface area contributed by atoms with Crippen LogP contribution in [0.2, 0.25) is 0 Å². The van der Waals surface area contributed by atoms with Gasteiger partial charge in [0.15, 0.2) is 11.6 Å². The molecule has 0 aliphatic heterocycles. The van der Waals surface area contributed by atoms with Gasteiger partial charge in [-0.25, -0.2) is 19.3 Å². The highest BCUT2D eigenvalue weighted by Crippen LogP contribution is 2.29. The van der Waals surface area contributed by atoms with Crippen molar-refractivity contribution in [2.75, 3.05) is 5.32 Å². The maximum absolute atomic E-state index is 13.5. The fourth-order valence-electron chi connectivity index (χ4n) is 2.75. The van der Waals surface area contributed by atoms with Gasteiger partial charge in [-0.05, 0) is 31.2 Å². The van der Waals surface area contributed by atoms with E-state index in [-0.39, 0.29) is 11.6 Å². The van der Waals surface area contributed by atoms with Crippen molar-refractivity contribution in [2.45, 2.75) is 6.92 Å². The van der Waals surface area contributed by atoms with Crippen LogP contribution in [0.5, 0.6) is 0 Å². The Kier molecular flexibility index (Phi) is 3.57. The van der Waals surface area contributed by atoms with Gasteiger partial charge in [0.2, 0.25) is 0 Å². The number of carbonyl (C=O) groups excluding carboxylic acids is 1. The highest BCUT2D eigenvalue weighted by molar-refractivity contribution is 6.10. The van der Waals surface area contributed by atoms with Gasteiger partial charge < -0.3 is 5.32 Å². The number of pyridine rings is 1. The van der Waals surface area contributed by atoms with Gasteiger partial charge in [-0.3, -0.25) is 4.79 Å². The van der Waals surface area contributed by atoms with Crippen molar-refractivity contribution >= 4 is 39.1 Å². The molecule has 4 rings (SSSR count). The Morgan fingerprint density at radius 2 is 2.00 bits per heavy atom. The SMILES string of the molecule is CC(=O)c1ccc2c(c1)nc(Nc1cccc(F)c1)c1ncncc12. The molecule has 0 spiro atoms. The summed E-state index contributed by atoms with van der Waals surface area (Å²) in [6.45, 7) is 1.51. The molecule has 0 radical (unpaired) electrons. The highest BCUT2D eigenvalue weighted by atomic mass is 19.1. The van der Waals surface area contributed by atoms with E-state index in [0.717, 1.165) is 10.8 Å². The minimum absolute atomic E-state index is 0.0345. The van der Waals surface area contributed by atoms with Crippen LogP contribution in [-0.2, 0) is 0 Å². The molecule has 2 aromatic heterocycles. The number of rotatable bonds is 3. The number of aromatic nitrogens is 3. The second-order valence-corrected chi connectivity index (χ2v) is 5.67. The molecule has 1 N–H and O–H groups in total. The summed E-state index contributed by atoms with van der Waals surface area (Å²) in [7, 11) is 0. The average molecular weight is 332 g/mol. The number of fused-ring (bicyclic) bond motifs is 3. The van der Waals surface area contributed by atoms with Crippen LogP contribution in [-0.4, -0.2) is 20.7 Å². The predicted molar refractivity (Wildman–Crippen MR) is 94.5 cm³/mol. The molecule has 0 atom stereocenters. The number of halogens is 1. The molecule has 6 heteroatoms. The third-order valence-electron chi connectivity index (χ3n) is 3.95. The van der Waals surface area contributed by atoms with E-state index in [0.29, 0.717) is 28.1 Å². The zero-order valence-electron chi connectivity index (χ0n) is 13.3. The quantitative estimate of drug-likeness (QED) is 0.448. The Balaban J connectivity index is 1.96. The molecule has 0 saturated carbocycles. The molecular formula is C19H13FN4O. The van der Waals surface area contributed by atoms with Crippen molar-refractivity contribution in [3.05, 3.63) is 66.4 Å². The summed E-state index contributed by atoms with van der Waals surface area (Å²) in [4.78, 5) is 24.7. The van der Waals surface area contributed by atoms with E-state index < -0.39 is 0 Å². The number of ketones is 1. The first-order valence-electron chi connectivity index (χ1n) is 7.69. The lowest BCUT2D eigenvalue weighted by atomic mass is 10.1. The van der Waals surface area contributed by atoms with Crippen molar-refractivity contribution in [1.29, 1.82) is 0 Å². The fraction of sp³-hybridized carbons (Fsp3) is 0.0526. The van der Waals surface area contributed by atoms with Crippen LogP contribution in [0.4, 0.5) is 15.9 Å². The molecule has 0 unspecified atom stereocenters. The first kappa shape index (κ1) is 15.1. The van der Waals surface area contributed by atoms with Gasteiger partial charge in [0, 0.05) is 28.2 Å². The van der Waals surface area contributed by atoms with E-state index in [1.807, 2.05) is 6.07 Å². The maximum Gasteiger partial charge on any atom is 0.159 e. The maximum atomic E-state index is 13.5. The van der Waals surface area contributed by atoms with Crippen LogP contribution in [0.1, 0.15) is 17.3 Å². The number of anilines is 2. The minimum atomic E-state index is -0.344. The van der Waals surface area contributed by atoms with Gasteiger partial charge in [-0.1, -0.05) is 18.2 Å². The summed E-state index contributed by atoms with van der Waals surface area (Å²) in [6.07, 6.45) is 3.15. The second-order valence-electron chi connectivity index (χ2n) is 5.67. The summed E-state index contributed by atoms with van der Waals surface area (Å²) >= 11 is 0. The second kappa shape index (κ2) is 5.90. The first-order chi connectivity index (χ1) is 12.1. The molecule has 2 aromatic carbocycles. The Labute approximate surface area is 142 Å². The number of Topliss-reactive ketones (excluding diaryl/α,β-unsaturated/α-hetero) is 1. The van der Waals surface area contributed by atoms with Gasteiger partial charge in [0.1, 0.15) is 17.7 Å². The van der Waals surface area contributed by atoms with Crippen LogP contribution in [0.25, 0.3) is 21.8 Å². The van der Waals surface area contributed by atoms with Crippen LogP contribution in [0, 0.1) is 5.82 Å². The lowest BCUT2D eigenvalue weighted by Gasteiger charge is -2.11. The van der Waals surface area contributed by atoms with Crippen molar-refractivity contribution in [3.63, 3.8) is 0 Å². The molecule has 4 aromatic rings. The summed E-state index contributed by atoms with van der Waals surface area (Å²) in [5, 5.41) is 4.76. The number of carbonyl (C=O) groups is 1. The van der Waals surface area contributed by atoms with Crippen molar-refractivity contribution in [2.24, 2.45) is 0 Å². The topological polar surface area (TPSA) is 67.8 Å². The fourth-order valence-corrected chi connectivity index (χ4v) is 2.75. The largest absolute Gasteiger partial charge is 0.338 e. The monoisotopic (exact) mass is 332 g/mol. The molecular weight excluding hydrogens is 319 g/mol. The molecule has 25 heavy (non-hydrogen) atoms. The zero-order chi connectivity index (χ0) is 17.4. The van der Waals surface area contributed by atoms with Crippen LogP contribution >= 0.6 is 0 Å². The van der Waals surface area contributed by atoms with Crippen molar-refractivity contribution in [1.82, 2.24) is 15.0 Å². The van der Waals surface area contributed by atoms with E-state index in [4.69, 9.17) is 0 Å². The highest BCUT2D eigenvalue weighted by Gasteiger charge is 2.12. The molecule has 0 aliphatic carbocycles. The van der Waals surface area contributed by atoms with E-state index in [2.05, 4.69) is 20.3 Å². The molecule has 0 aliphatic rings.